The van der Waals surface area contributed by atoms with Crippen molar-refractivity contribution in [2.75, 3.05) is 25.2 Å². The standard InChI is InChI=1S/C26H28FN3O5/c1-15(2)28-20-11-23-18(10-19(20)27)21(31)12-25(35-23)26(32)29-17-5-7-30(8-6-17)13-16-3-4-22-24(9-16)34-14-33-22/h3-4,9-12,15,17,28H,5-8,13-14H2,1-2H3,(H,29,32). The molecule has 8 nitrogen and oxygen atoms in total. The van der Waals surface area contributed by atoms with Crippen molar-refractivity contribution in [3.05, 3.63) is 63.8 Å². The molecule has 9 heteroatoms. The zero-order valence-corrected chi connectivity index (χ0v) is 19.7. The maximum atomic E-state index is 14.3. The van der Waals surface area contributed by atoms with E-state index < -0.39 is 17.2 Å². The molecule has 0 bridgehead atoms. The third kappa shape index (κ3) is 5.09. The molecule has 1 saturated heterocycles. The first-order valence-electron chi connectivity index (χ1n) is 11.8. The minimum absolute atomic E-state index is 0.00364. The fourth-order valence-electron chi connectivity index (χ4n) is 4.50. The average molecular weight is 482 g/mol. The van der Waals surface area contributed by atoms with Crippen molar-refractivity contribution >= 4 is 22.6 Å². The highest BCUT2D eigenvalue weighted by molar-refractivity contribution is 5.93. The van der Waals surface area contributed by atoms with Gasteiger partial charge in [0.1, 0.15) is 11.4 Å². The van der Waals surface area contributed by atoms with Gasteiger partial charge in [-0.1, -0.05) is 6.07 Å². The van der Waals surface area contributed by atoms with Crippen LogP contribution in [0.25, 0.3) is 11.0 Å². The van der Waals surface area contributed by atoms with Crippen LogP contribution < -0.4 is 25.5 Å². The van der Waals surface area contributed by atoms with Gasteiger partial charge < -0.3 is 24.5 Å². The second kappa shape index (κ2) is 9.58. The minimum Gasteiger partial charge on any atom is -0.454 e. The number of likely N-dealkylation sites (tertiary alicyclic amines) is 1. The molecule has 184 valence electrons. The molecular formula is C26H28FN3O5. The Hall–Kier alpha value is -3.59. The summed E-state index contributed by atoms with van der Waals surface area (Å²) in [5.41, 5.74) is 1.09. The molecule has 1 aromatic heterocycles. The third-order valence-electron chi connectivity index (χ3n) is 6.25. The number of benzene rings is 2. The SMILES string of the molecule is CC(C)Nc1cc2oc(C(=O)NC3CCN(Cc4ccc5c(c4)OCO5)CC3)cc(=O)c2cc1F. The van der Waals surface area contributed by atoms with Crippen molar-refractivity contribution < 1.29 is 23.1 Å². The monoisotopic (exact) mass is 481 g/mol. The van der Waals surface area contributed by atoms with Gasteiger partial charge in [-0.2, -0.15) is 0 Å². The molecule has 3 heterocycles. The molecule has 35 heavy (non-hydrogen) atoms. The number of carbonyl (C=O) groups is 1. The van der Waals surface area contributed by atoms with Crippen molar-refractivity contribution in [1.82, 2.24) is 10.2 Å². The number of ether oxygens (including phenoxy) is 2. The van der Waals surface area contributed by atoms with Crippen LogP contribution in [0.4, 0.5) is 10.1 Å². The first kappa shape index (κ1) is 23.2. The largest absolute Gasteiger partial charge is 0.454 e. The number of halogens is 1. The highest BCUT2D eigenvalue weighted by atomic mass is 19.1. The van der Waals surface area contributed by atoms with Crippen LogP contribution in [0.15, 0.2) is 45.6 Å². The van der Waals surface area contributed by atoms with E-state index in [1.54, 1.807) is 0 Å². The Morgan fingerprint density at radius 1 is 1.11 bits per heavy atom. The van der Waals surface area contributed by atoms with Crippen LogP contribution in [0.5, 0.6) is 11.5 Å². The maximum Gasteiger partial charge on any atom is 0.287 e. The summed E-state index contributed by atoms with van der Waals surface area (Å²) >= 11 is 0. The third-order valence-corrected chi connectivity index (χ3v) is 6.25. The van der Waals surface area contributed by atoms with E-state index in [9.17, 15) is 14.0 Å². The number of nitrogens with zero attached hydrogens (tertiary/aromatic N) is 1. The lowest BCUT2D eigenvalue weighted by molar-refractivity contribution is 0.0881. The Kier molecular flexibility index (Phi) is 6.34. The Bertz CT molecular complexity index is 1310. The lowest BCUT2D eigenvalue weighted by Gasteiger charge is -2.32. The topological polar surface area (TPSA) is 93.0 Å². The summed E-state index contributed by atoms with van der Waals surface area (Å²) in [6.07, 6.45) is 1.56. The summed E-state index contributed by atoms with van der Waals surface area (Å²) in [5.74, 6) is 0.487. The molecule has 0 spiro atoms. The lowest BCUT2D eigenvalue weighted by atomic mass is 10.0. The molecule has 0 aliphatic carbocycles. The highest BCUT2D eigenvalue weighted by Gasteiger charge is 2.24. The van der Waals surface area contributed by atoms with E-state index in [1.165, 1.54) is 6.07 Å². The number of piperidine rings is 1. The molecule has 0 saturated carbocycles. The number of nitrogens with one attached hydrogen (secondary N) is 2. The predicted octanol–water partition coefficient (Wildman–Crippen LogP) is 3.88. The molecule has 2 aliphatic heterocycles. The number of carbonyl (C=O) groups excluding carboxylic acids is 1. The van der Waals surface area contributed by atoms with Crippen molar-refractivity contribution in [2.45, 2.75) is 45.3 Å². The molecule has 0 radical (unpaired) electrons. The smallest absolute Gasteiger partial charge is 0.287 e. The number of hydrogen-bond acceptors (Lipinski definition) is 7. The van der Waals surface area contributed by atoms with Crippen LogP contribution >= 0.6 is 0 Å². The van der Waals surface area contributed by atoms with E-state index in [0.717, 1.165) is 61.7 Å². The second-order valence-corrected chi connectivity index (χ2v) is 9.31. The summed E-state index contributed by atoms with van der Waals surface area (Å²) in [6, 6.07) is 9.64. The fraction of sp³-hybridized carbons (Fsp3) is 0.385. The quantitative estimate of drug-likeness (QED) is 0.552. The van der Waals surface area contributed by atoms with Crippen molar-refractivity contribution in [3.63, 3.8) is 0 Å². The Morgan fingerprint density at radius 3 is 2.66 bits per heavy atom. The number of anilines is 1. The van der Waals surface area contributed by atoms with Crippen LogP contribution in [0.2, 0.25) is 0 Å². The molecule has 2 aromatic carbocycles. The molecular weight excluding hydrogens is 453 g/mol. The van der Waals surface area contributed by atoms with Gasteiger partial charge in [0.05, 0.1) is 11.1 Å². The predicted molar refractivity (Wildman–Crippen MR) is 130 cm³/mol. The normalized spacial score (nSPS) is 16.1. The van der Waals surface area contributed by atoms with Gasteiger partial charge in [-0.25, -0.2) is 4.39 Å². The number of fused-ring (bicyclic) bond motifs is 2. The second-order valence-electron chi connectivity index (χ2n) is 9.31. The summed E-state index contributed by atoms with van der Waals surface area (Å²) in [5, 5.41) is 6.06. The first-order valence-corrected chi connectivity index (χ1v) is 11.8. The van der Waals surface area contributed by atoms with Gasteiger partial charge in [-0.15, -0.1) is 0 Å². The summed E-state index contributed by atoms with van der Waals surface area (Å²) in [4.78, 5) is 27.7. The number of amides is 1. The Labute approximate surface area is 202 Å². The Balaban J connectivity index is 1.21. The van der Waals surface area contributed by atoms with Crippen molar-refractivity contribution in [3.8, 4) is 11.5 Å². The van der Waals surface area contributed by atoms with Gasteiger partial charge in [0.15, 0.2) is 22.7 Å². The van der Waals surface area contributed by atoms with E-state index in [2.05, 4.69) is 15.5 Å². The highest BCUT2D eigenvalue weighted by Crippen LogP contribution is 2.33. The maximum absolute atomic E-state index is 14.3. The zero-order chi connectivity index (χ0) is 24.5. The molecule has 3 aromatic rings. The minimum atomic E-state index is -0.539. The molecule has 1 fully saturated rings. The van der Waals surface area contributed by atoms with Crippen LogP contribution in [0.3, 0.4) is 0 Å². The zero-order valence-electron chi connectivity index (χ0n) is 19.7. The van der Waals surface area contributed by atoms with Crippen LogP contribution in [-0.2, 0) is 6.54 Å². The van der Waals surface area contributed by atoms with E-state index in [4.69, 9.17) is 13.9 Å². The van der Waals surface area contributed by atoms with Crippen molar-refractivity contribution in [1.29, 1.82) is 0 Å². The lowest BCUT2D eigenvalue weighted by Crippen LogP contribution is -2.44. The molecule has 2 N–H and O–H groups in total. The van der Waals surface area contributed by atoms with Gasteiger partial charge in [-0.05, 0) is 50.5 Å². The van der Waals surface area contributed by atoms with E-state index in [-0.39, 0.29) is 41.3 Å². The summed E-state index contributed by atoms with van der Waals surface area (Å²) in [6.45, 7) is 6.46. The summed E-state index contributed by atoms with van der Waals surface area (Å²) < 4.78 is 30.8. The van der Waals surface area contributed by atoms with Crippen LogP contribution in [-0.4, -0.2) is 42.8 Å². The van der Waals surface area contributed by atoms with Gasteiger partial charge >= 0.3 is 0 Å². The molecule has 5 rings (SSSR count). The summed E-state index contributed by atoms with van der Waals surface area (Å²) in [7, 11) is 0. The Morgan fingerprint density at radius 2 is 1.89 bits per heavy atom. The van der Waals surface area contributed by atoms with Gasteiger partial charge in [0.2, 0.25) is 6.79 Å². The molecule has 2 aliphatic rings. The van der Waals surface area contributed by atoms with Crippen LogP contribution in [0, 0.1) is 5.82 Å². The molecule has 1 amide bonds. The van der Waals surface area contributed by atoms with Gasteiger partial charge in [-0.3, -0.25) is 14.5 Å². The average Bonchev–Trinajstić information content (AvgIpc) is 3.29. The fourth-order valence-corrected chi connectivity index (χ4v) is 4.50. The van der Waals surface area contributed by atoms with Gasteiger partial charge in [0.25, 0.3) is 5.91 Å². The number of rotatable bonds is 6. The molecule has 0 atom stereocenters. The van der Waals surface area contributed by atoms with E-state index in [1.807, 2.05) is 32.0 Å². The van der Waals surface area contributed by atoms with Crippen LogP contribution in [0.1, 0.15) is 42.8 Å². The van der Waals surface area contributed by atoms with Crippen molar-refractivity contribution in [2.24, 2.45) is 0 Å². The van der Waals surface area contributed by atoms with E-state index >= 15 is 0 Å². The van der Waals surface area contributed by atoms with Gasteiger partial charge in [0, 0.05) is 43.9 Å². The number of hydrogen-bond donors (Lipinski definition) is 2. The first-order chi connectivity index (χ1) is 16.9. The molecule has 0 unspecified atom stereocenters. The van der Waals surface area contributed by atoms with E-state index in [0.29, 0.717) is 0 Å².